The Hall–Kier alpha value is 0.100. The summed E-state index contributed by atoms with van der Waals surface area (Å²) in [6, 6.07) is 0. The second kappa shape index (κ2) is 8.41. The van der Waals surface area contributed by atoms with Crippen LogP contribution in [-0.2, 0) is 4.57 Å². The molecule has 1 nitrogen and oxygen atoms in total. The van der Waals surface area contributed by atoms with Crippen LogP contribution in [0, 0.1) is 17.8 Å². The zero-order chi connectivity index (χ0) is 11.0. The molecule has 0 bridgehead atoms. The summed E-state index contributed by atoms with van der Waals surface area (Å²) in [6.45, 7) is 9.25. The Balaban J connectivity index is 4.02. The van der Waals surface area contributed by atoms with E-state index in [-0.39, 0.29) is 0 Å². The fourth-order valence-electron chi connectivity index (χ4n) is 2.13. The second-order valence-corrected chi connectivity index (χ2v) is 5.14. The molecule has 84 valence electrons. The van der Waals surface area contributed by atoms with Crippen molar-refractivity contribution in [2.75, 3.05) is 6.16 Å². The zero-order valence-corrected chi connectivity index (χ0v) is 11.0. The van der Waals surface area contributed by atoms with Crippen molar-refractivity contribution in [3.8, 4) is 0 Å². The third-order valence-corrected chi connectivity index (χ3v) is 4.04. The highest BCUT2D eigenvalue weighted by Crippen LogP contribution is 2.30. The lowest BCUT2D eigenvalue weighted by atomic mass is 9.78. The molecule has 0 heterocycles. The average molecular weight is 216 g/mol. The maximum Gasteiger partial charge on any atom is 0.155 e. The highest BCUT2D eigenvalue weighted by molar-refractivity contribution is 7.23. The monoisotopic (exact) mass is 216 g/mol. The molecular formula is C12H25OP. The van der Waals surface area contributed by atoms with Gasteiger partial charge < -0.3 is 0 Å². The van der Waals surface area contributed by atoms with Crippen LogP contribution in [0.1, 0.15) is 53.4 Å². The molecule has 0 aromatic rings. The maximum atomic E-state index is 10.4. The first-order valence-electron chi connectivity index (χ1n) is 5.96. The minimum Gasteiger partial charge on any atom is -0.275 e. The van der Waals surface area contributed by atoms with E-state index in [4.69, 9.17) is 0 Å². The summed E-state index contributed by atoms with van der Waals surface area (Å²) in [6.07, 6.45) is 5.74. The van der Waals surface area contributed by atoms with E-state index in [0.29, 0.717) is 8.46 Å². The van der Waals surface area contributed by atoms with E-state index < -0.39 is 0 Å². The van der Waals surface area contributed by atoms with Gasteiger partial charge in [0.25, 0.3) is 0 Å². The largest absolute Gasteiger partial charge is 0.275 e. The van der Waals surface area contributed by atoms with E-state index in [9.17, 15) is 4.57 Å². The van der Waals surface area contributed by atoms with Gasteiger partial charge in [-0.25, -0.2) is 0 Å². The molecule has 2 heteroatoms. The third kappa shape index (κ3) is 5.10. The lowest BCUT2D eigenvalue weighted by molar-refractivity contribution is 0.226. The summed E-state index contributed by atoms with van der Waals surface area (Å²) in [7, 11) is 0.314. The van der Waals surface area contributed by atoms with E-state index in [0.717, 1.165) is 30.3 Å². The number of hydrogen-bond donors (Lipinski definition) is 0. The van der Waals surface area contributed by atoms with E-state index in [1.165, 1.54) is 19.3 Å². The molecule has 0 rings (SSSR count). The molecule has 0 fully saturated rings. The quantitative estimate of drug-likeness (QED) is 0.422. The summed E-state index contributed by atoms with van der Waals surface area (Å²) in [5.41, 5.74) is 0. The van der Waals surface area contributed by atoms with Crippen molar-refractivity contribution in [2.24, 2.45) is 17.8 Å². The van der Waals surface area contributed by atoms with Gasteiger partial charge in [-0.2, -0.15) is 0 Å². The van der Waals surface area contributed by atoms with Gasteiger partial charge in [0.1, 0.15) is 0 Å². The van der Waals surface area contributed by atoms with Crippen LogP contribution in [0.3, 0.4) is 0 Å². The Kier molecular flexibility index (Phi) is 8.47. The van der Waals surface area contributed by atoms with E-state index in [1.807, 2.05) is 0 Å². The first-order chi connectivity index (χ1) is 6.67. The van der Waals surface area contributed by atoms with Gasteiger partial charge in [0.2, 0.25) is 0 Å². The minimum atomic E-state index is 0.314. The van der Waals surface area contributed by atoms with Crippen LogP contribution in [0.5, 0.6) is 0 Å². The normalized spacial score (nSPS) is 18.0. The van der Waals surface area contributed by atoms with E-state index in [2.05, 4.69) is 27.7 Å². The lowest BCUT2D eigenvalue weighted by Crippen LogP contribution is -2.19. The molecule has 0 aromatic carbocycles. The molecule has 0 aliphatic carbocycles. The van der Waals surface area contributed by atoms with Crippen LogP contribution in [0.2, 0.25) is 0 Å². The van der Waals surface area contributed by atoms with Crippen LogP contribution < -0.4 is 0 Å². The van der Waals surface area contributed by atoms with Gasteiger partial charge >= 0.3 is 0 Å². The minimum absolute atomic E-state index is 0.314. The molecule has 0 N–H and O–H groups in total. The molecule has 0 saturated carbocycles. The topological polar surface area (TPSA) is 17.1 Å². The Morgan fingerprint density at radius 2 is 1.57 bits per heavy atom. The van der Waals surface area contributed by atoms with Gasteiger partial charge in [-0.15, -0.1) is 0 Å². The summed E-state index contributed by atoms with van der Waals surface area (Å²) >= 11 is 0. The molecule has 14 heavy (non-hydrogen) atoms. The number of hydrogen-bond acceptors (Lipinski definition) is 1. The van der Waals surface area contributed by atoms with Gasteiger partial charge in [-0.3, -0.25) is 4.57 Å². The zero-order valence-electron chi connectivity index (χ0n) is 10.1. The highest BCUT2D eigenvalue weighted by Gasteiger charge is 2.20. The van der Waals surface area contributed by atoms with E-state index >= 15 is 0 Å². The van der Waals surface area contributed by atoms with Crippen LogP contribution in [0.25, 0.3) is 0 Å². The van der Waals surface area contributed by atoms with Crippen LogP contribution in [-0.4, -0.2) is 6.16 Å². The molecule has 0 aliphatic heterocycles. The SMILES string of the molecule is CCC(C)C(CCCP=O)C(C)CC. The Bertz CT molecular complexity index is 137. The van der Waals surface area contributed by atoms with Crippen molar-refractivity contribution in [1.29, 1.82) is 0 Å². The standard InChI is InChI=1S/C12H25OP/c1-5-10(3)12(11(4)6-2)8-7-9-14-13/h10-12H,5-9H2,1-4H3. The first-order valence-corrected chi connectivity index (χ1v) is 6.96. The molecule has 0 saturated heterocycles. The molecule has 0 radical (unpaired) electrons. The van der Waals surface area contributed by atoms with Crippen LogP contribution >= 0.6 is 8.46 Å². The van der Waals surface area contributed by atoms with Gasteiger partial charge in [-0.05, 0) is 30.6 Å². The molecule has 0 aliphatic rings. The van der Waals surface area contributed by atoms with Gasteiger partial charge in [0, 0.05) is 6.16 Å². The summed E-state index contributed by atoms with van der Waals surface area (Å²) in [5.74, 6) is 2.45. The smallest absolute Gasteiger partial charge is 0.155 e. The first kappa shape index (κ1) is 14.1. The van der Waals surface area contributed by atoms with Gasteiger partial charge in [0.15, 0.2) is 8.46 Å². The molecule has 0 amide bonds. The van der Waals surface area contributed by atoms with Gasteiger partial charge in [-0.1, -0.05) is 40.5 Å². The van der Waals surface area contributed by atoms with Crippen molar-refractivity contribution in [3.63, 3.8) is 0 Å². The van der Waals surface area contributed by atoms with Crippen molar-refractivity contribution in [3.05, 3.63) is 0 Å². The molecule has 0 spiro atoms. The molecular weight excluding hydrogens is 191 g/mol. The van der Waals surface area contributed by atoms with Gasteiger partial charge in [0.05, 0.1) is 0 Å². The third-order valence-electron chi connectivity index (χ3n) is 3.54. The second-order valence-electron chi connectivity index (χ2n) is 4.43. The Morgan fingerprint density at radius 3 is 1.93 bits per heavy atom. The maximum absolute atomic E-state index is 10.4. The van der Waals surface area contributed by atoms with Crippen LogP contribution in [0.15, 0.2) is 0 Å². The highest BCUT2D eigenvalue weighted by atomic mass is 31.1. The molecule has 2 atom stereocenters. The van der Waals surface area contributed by atoms with Crippen molar-refractivity contribution in [2.45, 2.75) is 53.4 Å². The van der Waals surface area contributed by atoms with Crippen molar-refractivity contribution < 1.29 is 4.57 Å². The fourth-order valence-corrected chi connectivity index (χ4v) is 2.44. The summed E-state index contributed by atoms with van der Waals surface area (Å²) in [4.78, 5) is 0. The van der Waals surface area contributed by atoms with Crippen molar-refractivity contribution >= 4 is 8.46 Å². The van der Waals surface area contributed by atoms with Crippen LogP contribution in [0.4, 0.5) is 0 Å². The Morgan fingerprint density at radius 1 is 1.07 bits per heavy atom. The predicted molar refractivity (Wildman–Crippen MR) is 64.1 cm³/mol. The average Bonchev–Trinajstić information content (AvgIpc) is 2.22. The summed E-state index contributed by atoms with van der Waals surface area (Å²) < 4.78 is 10.4. The van der Waals surface area contributed by atoms with Crippen molar-refractivity contribution in [1.82, 2.24) is 0 Å². The predicted octanol–water partition coefficient (Wildman–Crippen LogP) is 4.77. The summed E-state index contributed by atoms with van der Waals surface area (Å²) in [5, 5.41) is 0. The Labute approximate surface area is 90.9 Å². The lowest BCUT2D eigenvalue weighted by Gasteiger charge is -2.28. The molecule has 0 aromatic heterocycles. The molecule has 2 unspecified atom stereocenters. The number of rotatable bonds is 8. The van der Waals surface area contributed by atoms with E-state index in [1.54, 1.807) is 0 Å². The fraction of sp³-hybridized carbons (Fsp3) is 1.00.